The average Bonchev–Trinajstić information content (AvgIpc) is 3.07. The summed E-state index contributed by atoms with van der Waals surface area (Å²) in [5, 5.41) is 12.2. The molecular formula is C37H41FN2O7. The standard InChI is InChI=1S/C37H41FN2O7/c1-2-45-35(26-36(41)42)29-12-18-32(19-13-29)46-25-23-40(22-6-7-24-44-27-28-10-14-30(38)15-11-28)37(43)39-31-16-20-34(21-17-31)47-33-8-4-3-5-9-33/h3-5,8-21,35H,2,6-7,22-27H2,1H3,(H,39,43)(H,41,42). The fraction of sp³-hybridized carbons (Fsp3) is 0.297. The number of nitrogens with zero attached hydrogens (tertiary/aromatic N) is 1. The molecule has 0 radical (unpaired) electrons. The van der Waals surface area contributed by atoms with Crippen molar-refractivity contribution in [1.82, 2.24) is 4.90 Å². The number of hydrogen-bond donors (Lipinski definition) is 2. The minimum Gasteiger partial charge on any atom is -0.492 e. The quantitative estimate of drug-likeness (QED) is 0.0994. The number of para-hydroxylation sites is 1. The summed E-state index contributed by atoms with van der Waals surface area (Å²) in [6.07, 6.45) is 0.774. The van der Waals surface area contributed by atoms with Gasteiger partial charge in [-0.15, -0.1) is 0 Å². The van der Waals surface area contributed by atoms with E-state index in [0.29, 0.717) is 56.5 Å². The van der Waals surface area contributed by atoms with Crippen LogP contribution in [0.5, 0.6) is 17.2 Å². The van der Waals surface area contributed by atoms with Gasteiger partial charge in [0, 0.05) is 25.4 Å². The van der Waals surface area contributed by atoms with Crippen LogP contribution in [0.2, 0.25) is 0 Å². The molecule has 0 saturated carbocycles. The zero-order valence-corrected chi connectivity index (χ0v) is 26.5. The number of amides is 2. The maximum atomic E-state index is 13.3. The molecule has 1 unspecified atom stereocenters. The van der Waals surface area contributed by atoms with Crippen molar-refractivity contribution in [3.05, 3.63) is 120 Å². The van der Waals surface area contributed by atoms with Crippen molar-refractivity contribution in [2.24, 2.45) is 0 Å². The van der Waals surface area contributed by atoms with E-state index < -0.39 is 12.1 Å². The lowest BCUT2D eigenvalue weighted by atomic mass is 10.1. The third-order valence-corrected chi connectivity index (χ3v) is 7.13. The van der Waals surface area contributed by atoms with Crippen molar-refractivity contribution in [3.8, 4) is 17.2 Å². The summed E-state index contributed by atoms with van der Waals surface area (Å²) in [6, 6.07) is 29.7. The summed E-state index contributed by atoms with van der Waals surface area (Å²) in [4.78, 5) is 26.2. The molecular weight excluding hydrogens is 603 g/mol. The number of rotatable bonds is 19. The number of carbonyl (C=O) groups excluding carboxylic acids is 1. The average molecular weight is 645 g/mol. The highest BCUT2D eigenvalue weighted by molar-refractivity contribution is 5.89. The summed E-state index contributed by atoms with van der Waals surface area (Å²) in [5.41, 5.74) is 2.28. The molecule has 0 aliphatic carbocycles. The van der Waals surface area contributed by atoms with Gasteiger partial charge in [-0.2, -0.15) is 0 Å². The number of halogens is 1. The first-order valence-electron chi connectivity index (χ1n) is 15.7. The number of carboxylic acid groups (broad SMARTS) is 1. The molecule has 2 amide bonds. The van der Waals surface area contributed by atoms with Crippen LogP contribution < -0.4 is 14.8 Å². The Morgan fingerprint density at radius 1 is 0.809 bits per heavy atom. The number of aliphatic carboxylic acids is 1. The third kappa shape index (κ3) is 12.4. The molecule has 0 aromatic heterocycles. The zero-order chi connectivity index (χ0) is 33.3. The minimum absolute atomic E-state index is 0.127. The molecule has 0 aliphatic heterocycles. The van der Waals surface area contributed by atoms with E-state index in [9.17, 15) is 19.1 Å². The fourth-order valence-corrected chi connectivity index (χ4v) is 4.71. The molecule has 2 N–H and O–H groups in total. The van der Waals surface area contributed by atoms with E-state index in [1.54, 1.807) is 65.6 Å². The lowest BCUT2D eigenvalue weighted by Crippen LogP contribution is -2.38. The molecule has 10 heteroatoms. The van der Waals surface area contributed by atoms with E-state index in [2.05, 4.69) is 5.32 Å². The van der Waals surface area contributed by atoms with Gasteiger partial charge in [-0.3, -0.25) is 4.79 Å². The molecule has 4 aromatic rings. The van der Waals surface area contributed by atoms with Gasteiger partial charge in [0.05, 0.1) is 25.7 Å². The maximum Gasteiger partial charge on any atom is 0.321 e. The monoisotopic (exact) mass is 644 g/mol. The molecule has 4 aromatic carbocycles. The Morgan fingerprint density at radius 2 is 1.49 bits per heavy atom. The summed E-state index contributed by atoms with van der Waals surface area (Å²) >= 11 is 0. The van der Waals surface area contributed by atoms with Crippen molar-refractivity contribution in [2.75, 3.05) is 38.2 Å². The number of carboxylic acids is 1. The largest absolute Gasteiger partial charge is 0.492 e. The van der Waals surface area contributed by atoms with Gasteiger partial charge >= 0.3 is 12.0 Å². The number of anilines is 1. The molecule has 4 rings (SSSR count). The van der Waals surface area contributed by atoms with E-state index >= 15 is 0 Å². The number of urea groups is 1. The van der Waals surface area contributed by atoms with Crippen LogP contribution in [0.15, 0.2) is 103 Å². The smallest absolute Gasteiger partial charge is 0.321 e. The molecule has 0 spiro atoms. The first kappa shape index (κ1) is 34.9. The molecule has 1 atom stereocenters. The molecule has 0 heterocycles. The second kappa shape index (κ2) is 18.9. The van der Waals surface area contributed by atoms with E-state index in [1.807, 2.05) is 37.3 Å². The summed E-state index contributed by atoms with van der Waals surface area (Å²) in [7, 11) is 0. The van der Waals surface area contributed by atoms with Gasteiger partial charge in [-0.1, -0.05) is 42.5 Å². The maximum absolute atomic E-state index is 13.3. The highest BCUT2D eigenvalue weighted by atomic mass is 19.1. The van der Waals surface area contributed by atoms with Crippen LogP contribution in [0, 0.1) is 5.82 Å². The Morgan fingerprint density at radius 3 is 2.17 bits per heavy atom. The van der Waals surface area contributed by atoms with Crippen LogP contribution in [0.1, 0.15) is 43.4 Å². The van der Waals surface area contributed by atoms with Crippen molar-refractivity contribution < 1.29 is 38.0 Å². The van der Waals surface area contributed by atoms with Crippen molar-refractivity contribution >= 4 is 17.7 Å². The van der Waals surface area contributed by atoms with Crippen LogP contribution >= 0.6 is 0 Å². The Balaban J connectivity index is 1.30. The molecule has 0 saturated heterocycles. The second-order valence-corrected chi connectivity index (χ2v) is 10.7. The molecule has 0 fully saturated rings. The number of nitrogens with one attached hydrogen (secondary N) is 1. The normalized spacial score (nSPS) is 11.4. The minimum atomic E-state index is -0.932. The van der Waals surface area contributed by atoms with Gasteiger partial charge in [-0.05, 0) is 91.6 Å². The highest BCUT2D eigenvalue weighted by Gasteiger charge is 2.17. The first-order chi connectivity index (χ1) is 22.9. The van der Waals surface area contributed by atoms with Crippen LogP contribution in [-0.2, 0) is 20.9 Å². The number of ether oxygens (including phenoxy) is 4. The van der Waals surface area contributed by atoms with Crippen molar-refractivity contribution in [2.45, 2.75) is 38.9 Å². The first-order valence-corrected chi connectivity index (χ1v) is 15.7. The summed E-state index contributed by atoms with van der Waals surface area (Å²) < 4.78 is 36.2. The highest BCUT2D eigenvalue weighted by Crippen LogP contribution is 2.25. The summed E-state index contributed by atoms with van der Waals surface area (Å²) in [5.74, 6) is 0.763. The third-order valence-electron chi connectivity index (χ3n) is 7.13. The fourth-order valence-electron chi connectivity index (χ4n) is 4.71. The number of unbranched alkanes of at least 4 members (excludes halogenated alkanes) is 1. The topological polar surface area (TPSA) is 107 Å². The zero-order valence-electron chi connectivity index (χ0n) is 26.5. The van der Waals surface area contributed by atoms with Gasteiger partial charge in [-0.25, -0.2) is 9.18 Å². The van der Waals surface area contributed by atoms with Gasteiger partial charge < -0.3 is 34.3 Å². The number of hydrogen-bond acceptors (Lipinski definition) is 6. The predicted molar refractivity (Wildman–Crippen MR) is 177 cm³/mol. The molecule has 9 nitrogen and oxygen atoms in total. The molecule has 47 heavy (non-hydrogen) atoms. The molecule has 0 bridgehead atoms. The van der Waals surface area contributed by atoms with E-state index in [-0.39, 0.29) is 24.9 Å². The van der Waals surface area contributed by atoms with E-state index in [1.165, 1.54) is 12.1 Å². The van der Waals surface area contributed by atoms with Crippen molar-refractivity contribution in [3.63, 3.8) is 0 Å². The lowest BCUT2D eigenvalue weighted by Gasteiger charge is -2.23. The summed E-state index contributed by atoms with van der Waals surface area (Å²) in [6.45, 7) is 4.19. The van der Waals surface area contributed by atoms with Crippen LogP contribution in [0.4, 0.5) is 14.9 Å². The molecule has 248 valence electrons. The second-order valence-electron chi connectivity index (χ2n) is 10.7. The van der Waals surface area contributed by atoms with Crippen LogP contribution in [0.3, 0.4) is 0 Å². The van der Waals surface area contributed by atoms with Gasteiger partial charge in [0.2, 0.25) is 0 Å². The molecule has 0 aliphatic rings. The van der Waals surface area contributed by atoms with Crippen LogP contribution in [0.25, 0.3) is 0 Å². The SMILES string of the molecule is CCOC(CC(=O)O)c1ccc(OCCN(CCCCOCc2ccc(F)cc2)C(=O)Nc2ccc(Oc3ccccc3)cc2)cc1. The van der Waals surface area contributed by atoms with Crippen LogP contribution in [-0.4, -0.2) is 54.9 Å². The Kier molecular flexibility index (Phi) is 14.0. The Bertz CT molecular complexity index is 1500. The Labute approximate surface area is 274 Å². The van der Waals surface area contributed by atoms with Crippen molar-refractivity contribution in [1.29, 1.82) is 0 Å². The van der Waals surface area contributed by atoms with Gasteiger partial charge in [0.25, 0.3) is 0 Å². The van der Waals surface area contributed by atoms with E-state index in [0.717, 1.165) is 23.3 Å². The number of benzene rings is 4. The van der Waals surface area contributed by atoms with Gasteiger partial charge in [0.15, 0.2) is 0 Å². The predicted octanol–water partition coefficient (Wildman–Crippen LogP) is 8.08. The van der Waals surface area contributed by atoms with E-state index in [4.69, 9.17) is 18.9 Å². The number of carbonyl (C=O) groups is 2. The van der Waals surface area contributed by atoms with Gasteiger partial charge in [0.1, 0.15) is 29.7 Å². The lowest BCUT2D eigenvalue weighted by molar-refractivity contribution is -0.140. The Hall–Kier alpha value is -4.93.